The third-order valence-corrected chi connectivity index (χ3v) is 7.96. The summed E-state index contributed by atoms with van der Waals surface area (Å²) in [5.41, 5.74) is 1.48. The maximum absolute atomic E-state index is 12.0. The standard InChI is InChI=1S/C16H17ClN2O5S2/c1-9-10(17)3-2-4-11(9)19-12-7-26(23,24)8-13(12)25-16(19)18-14(20)5-6-15(21)22/h2-4,12-13H,5-8H2,1H3,(H,21,22). The minimum atomic E-state index is -3.16. The molecule has 26 heavy (non-hydrogen) atoms. The number of benzene rings is 1. The lowest BCUT2D eigenvalue weighted by atomic mass is 10.1. The molecule has 2 fully saturated rings. The molecular formula is C16H17ClN2O5S2. The van der Waals surface area contributed by atoms with Crippen LogP contribution < -0.4 is 4.90 Å². The molecule has 0 saturated carbocycles. The van der Waals surface area contributed by atoms with Gasteiger partial charge in [0.1, 0.15) is 0 Å². The first-order valence-electron chi connectivity index (χ1n) is 7.92. The van der Waals surface area contributed by atoms with Crippen molar-refractivity contribution in [1.29, 1.82) is 0 Å². The summed E-state index contributed by atoms with van der Waals surface area (Å²) >= 11 is 7.45. The molecule has 7 nitrogen and oxygen atoms in total. The number of aliphatic carboxylic acids is 1. The first kappa shape index (κ1) is 19.2. The van der Waals surface area contributed by atoms with Gasteiger partial charge in [-0.15, -0.1) is 0 Å². The van der Waals surface area contributed by atoms with Gasteiger partial charge >= 0.3 is 5.97 Å². The van der Waals surface area contributed by atoms with Gasteiger partial charge < -0.3 is 10.0 Å². The number of carboxylic acids is 1. The summed E-state index contributed by atoms with van der Waals surface area (Å²) in [7, 11) is -3.16. The van der Waals surface area contributed by atoms with Crippen molar-refractivity contribution >= 4 is 55.9 Å². The van der Waals surface area contributed by atoms with Crippen LogP contribution in [0.3, 0.4) is 0 Å². The molecule has 2 aliphatic heterocycles. The summed E-state index contributed by atoms with van der Waals surface area (Å²) in [6.45, 7) is 1.82. The van der Waals surface area contributed by atoms with Gasteiger partial charge in [0.05, 0.1) is 24.0 Å². The van der Waals surface area contributed by atoms with Crippen LogP contribution in [0.1, 0.15) is 18.4 Å². The van der Waals surface area contributed by atoms with Crippen molar-refractivity contribution in [3.63, 3.8) is 0 Å². The summed E-state index contributed by atoms with van der Waals surface area (Å²) < 4.78 is 24.1. The number of hydrogen-bond donors (Lipinski definition) is 1. The normalized spacial score (nSPS) is 25.5. The molecule has 0 radical (unpaired) electrons. The van der Waals surface area contributed by atoms with Gasteiger partial charge in [-0.05, 0) is 24.6 Å². The second kappa shape index (κ2) is 7.21. The molecule has 140 valence electrons. The van der Waals surface area contributed by atoms with Gasteiger partial charge in [-0.25, -0.2) is 8.42 Å². The zero-order chi connectivity index (χ0) is 19.1. The number of carbonyl (C=O) groups excluding carboxylic acids is 1. The molecule has 0 aromatic heterocycles. The maximum atomic E-state index is 12.0. The van der Waals surface area contributed by atoms with Crippen LogP contribution in [-0.2, 0) is 19.4 Å². The zero-order valence-electron chi connectivity index (χ0n) is 13.9. The fourth-order valence-corrected chi connectivity index (χ4v) is 7.17. The van der Waals surface area contributed by atoms with E-state index < -0.39 is 21.7 Å². The average molecular weight is 417 g/mol. The Hall–Kier alpha value is -1.58. The molecule has 0 spiro atoms. The van der Waals surface area contributed by atoms with E-state index in [9.17, 15) is 18.0 Å². The monoisotopic (exact) mass is 416 g/mol. The van der Waals surface area contributed by atoms with Crippen molar-refractivity contribution in [2.75, 3.05) is 16.4 Å². The molecule has 2 unspecified atom stereocenters. The molecule has 2 saturated heterocycles. The highest BCUT2D eigenvalue weighted by molar-refractivity contribution is 8.16. The number of amidine groups is 1. The largest absolute Gasteiger partial charge is 0.481 e. The molecule has 0 bridgehead atoms. The zero-order valence-corrected chi connectivity index (χ0v) is 16.3. The van der Waals surface area contributed by atoms with Gasteiger partial charge in [-0.1, -0.05) is 29.4 Å². The van der Waals surface area contributed by atoms with E-state index in [1.54, 1.807) is 17.0 Å². The van der Waals surface area contributed by atoms with Crippen LogP contribution in [0.25, 0.3) is 0 Å². The van der Waals surface area contributed by atoms with Crippen molar-refractivity contribution in [1.82, 2.24) is 0 Å². The number of halogens is 1. The SMILES string of the molecule is Cc1c(Cl)cccc1N1C(=NC(=O)CCC(=O)O)SC2CS(=O)(=O)CC21. The fraction of sp³-hybridized carbons (Fsp3) is 0.438. The lowest BCUT2D eigenvalue weighted by Crippen LogP contribution is -2.38. The van der Waals surface area contributed by atoms with Crippen LogP contribution in [0.2, 0.25) is 5.02 Å². The number of fused-ring (bicyclic) bond motifs is 1. The van der Waals surface area contributed by atoms with Crippen LogP contribution in [0.15, 0.2) is 23.2 Å². The molecule has 0 aliphatic carbocycles. The Bertz CT molecular complexity index is 900. The Morgan fingerprint density at radius 1 is 1.35 bits per heavy atom. The van der Waals surface area contributed by atoms with E-state index in [0.29, 0.717) is 15.9 Å². The minimum absolute atomic E-state index is 0.0149. The fourth-order valence-electron chi connectivity index (χ4n) is 3.08. The number of carbonyl (C=O) groups is 2. The molecule has 3 rings (SSSR count). The van der Waals surface area contributed by atoms with Crippen LogP contribution in [-0.4, -0.2) is 53.4 Å². The molecule has 10 heteroatoms. The van der Waals surface area contributed by atoms with Crippen LogP contribution in [0.4, 0.5) is 5.69 Å². The minimum Gasteiger partial charge on any atom is -0.481 e. The van der Waals surface area contributed by atoms with Crippen molar-refractivity contribution in [3.8, 4) is 0 Å². The lowest BCUT2D eigenvalue weighted by molar-refractivity contribution is -0.138. The Morgan fingerprint density at radius 2 is 2.08 bits per heavy atom. The van der Waals surface area contributed by atoms with Gasteiger partial charge in [-0.2, -0.15) is 4.99 Å². The first-order valence-corrected chi connectivity index (χ1v) is 11.0. The molecule has 1 aromatic rings. The maximum Gasteiger partial charge on any atom is 0.303 e. The van der Waals surface area contributed by atoms with E-state index in [4.69, 9.17) is 16.7 Å². The lowest BCUT2D eigenvalue weighted by Gasteiger charge is -2.26. The summed E-state index contributed by atoms with van der Waals surface area (Å²) in [5.74, 6) is -1.59. The molecule has 1 N–H and O–H groups in total. The van der Waals surface area contributed by atoms with E-state index >= 15 is 0 Å². The first-order chi connectivity index (χ1) is 12.2. The summed E-state index contributed by atoms with van der Waals surface area (Å²) in [6, 6.07) is 4.98. The van der Waals surface area contributed by atoms with Crippen molar-refractivity contribution in [2.45, 2.75) is 31.1 Å². The Morgan fingerprint density at radius 3 is 2.77 bits per heavy atom. The van der Waals surface area contributed by atoms with E-state index in [0.717, 1.165) is 5.56 Å². The third-order valence-electron chi connectivity index (χ3n) is 4.34. The predicted molar refractivity (Wildman–Crippen MR) is 102 cm³/mol. The average Bonchev–Trinajstić information content (AvgIpc) is 2.99. The molecule has 1 aromatic carbocycles. The van der Waals surface area contributed by atoms with E-state index in [2.05, 4.69) is 4.99 Å². The van der Waals surface area contributed by atoms with Gasteiger partial charge in [0, 0.05) is 22.4 Å². The van der Waals surface area contributed by atoms with Crippen LogP contribution in [0, 0.1) is 6.92 Å². The highest BCUT2D eigenvalue weighted by Crippen LogP contribution is 2.42. The molecular weight excluding hydrogens is 400 g/mol. The predicted octanol–water partition coefficient (Wildman–Crippen LogP) is 2.11. The topological polar surface area (TPSA) is 104 Å². The molecule has 1 amide bonds. The number of hydrogen-bond acceptors (Lipinski definition) is 5. The number of rotatable bonds is 4. The number of anilines is 1. The second-order valence-electron chi connectivity index (χ2n) is 6.24. The number of thioether (sulfide) groups is 1. The Kier molecular flexibility index (Phi) is 5.32. The van der Waals surface area contributed by atoms with Crippen molar-refractivity contribution < 1.29 is 23.1 Å². The van der Waals surface area contributed by atoms with Gasteiger partial charge in [-0.3, -0.25) is 9.59 Å². The molecule has 2 heterocycles. The number of sulfone groups is 1. The van der Waals surface area contributed by atoms with Crippen LogP contribution in [0.5, 0.6) is 0 Å². The third kappa shape index (κ3) is 3.89. The highest BCUT2D eigenvalue weighted by Gasteiger charge is 2.49. The van der Waals surface area contributed by atoms with Gasteiger partial charge in [0.2, 0.25) is 5.91 Å². The van der Waals surface area contributed by atoms with Crippen LogP contribution >= 0.6 is 23.4 Å². The quantitative estimate of drug-likeness (QED) is 0.801. The highest BCUT2D eigenvalue weighted by atomic mass is 35.5. The number of amides is 1. The van der Waals surface area contributed by atoms with Crippen molar-refractivity contribution in [3.05, 3.63) is 28.8 Å². The van der Waals surface area contributed by atoms with E-state index in [-0.39, 0.29) is 35.6 Å². The summed E-state index contributed by atoms with van der Waals surface area (Å²) in [6.07, 6.45) is -0.493. The van der Waals surface area contributed by atoms with Gasteiger partial charge in [0.25, 0.3) is 0 Å². The van der Waals surface area contributed by atoms with E-state index in [1.807, 2.05) is 13.0 Å². The summed E-state index contributed by atoms with van der Waals surface area (Å²) in [5, 5.41) is 9.43. The smallest absolute Gasteiger partial charge is 0.303 e. The Labute approximate surface area is 160 Å². The summed E-state index contributed by atoms with van der Waals surface area (Å²) in [4.78, 5) is 28.5. The number of carboxylic acid groups (broad SMARTS) is 1. The van der Waals surface area contributed by atoms with E-state index in [1.165, 1.54) is 11.8 Å². The second-order valence-corrected chi connectivity index (χ2v) is 10.0. The van der Waals surface area contributed by atoms with Gasteiger partial charge in [0.15, 0.2) is 15.0 Å². The number of nitrogens with zero attached hydrogens (tertiary/aromatic N) is 2. The molecule has 2 atom stereocenters. The molecule has 2 aliphatic rings. The van der Waals surface area contributed by atoms with Crippen molar-refractivity contribution in [2.24, 2.45) is 4.99 Å². The number of aliphatic imine (C=N–C) groups is 1. The Balaban J connectivity index is 1.97.